The Hall–Kier alpha value is -1.63. The highest BCUT2D eigenvalue weighted by Crippen LogP contribution is 2.07. The topological polar surface area (TPSA) is 111 Å². The van der Waals surface area contributed by atoms with E-state index in [0.29, 0.717) is 13.0 Å². The molecule has 1 unspecified atom stereocenters. The van der Waals surface area contributed by atoms with Crippen molar-refractivity contribution in [3.8, 4) is 0 Å². The summed E-state index contributed by atoms with van der Waals surface area (Å²) < 4.78 is 0. The molecular formula is C9H16N4O3. The van der Waals surface area contributed by atoms with Crippen molar-refractivity contribution in [3.63, 3.8) is 0 Å². The largest absolute Gasteiger partial charge is 0.396 e. The molecule has 4 N–H and O–H groups in total. The number of rotatable bonds is 6. The van der Waals surface area contributed by atoms with Crippen LogP contribution in [0.15, 0.2) is 9.59 Å². The zero-order valence-corrected chi connectivity index (χ0v) is 9.12. The number of nitrogens with zero attached hydrogens (tertiary/aromatic N) is 1. The van der Waals surface area contributed by atoms with Gasteiger partial charge in [0, 0.05) is 13.2 Å². The number of aromatic amines is 2. The average molecular weight is 228 g/mol. The van der Waals surface area contributed by atoms with Gasteiger partial charge in [0.25, 0.3) is 5.56 Å². The lowest BCUT2D eigenvalue weighted by atomic mass is 10.0. The highest BCUT2D eigenvalue weighted by molar-refractivity contribution is 5.28. The van der Waals surface area contributed by atoms with Gasteiger partial charge >= 0.3 is 5.69 Å². The average Bonchev–Trinajstić information content (AvgIpc) is 2.26. The SMILES string of the molecule is CCC(CCO)CNc1n[nH]c(=O)[nH]c1=O. The van der Waals surface area contributed by atoms with Gasteiger partial charge in [-0.2, -0.15) is 0 Å². The molecule has 7 heteroatoms. The van der Waals surface area contributed by atoms with E-state index in [0.717, 1.165) is 6.42 Å². The number of aliphatic hydroxyl groups is 1. The van der Waals surface area contributed by atoms with Gasteiger partial charge in [-0.3, -0.25) is 9.78 Å². The number of anilines is 1. The van der Waals surface area contributed by atoms with Crippen LogP contribution in [-0.2, 0) is 0 Å². The van der Waals surface area contributed by atoms with Gasteiger partial charge in [0.15, 0.2) is 0 Å². The highest BCUT2D eigenvalue weighted by atomic mass is 16.3. The number of aliphatic hydroxyl groups excluding tert-OH is 1. The molecule has 16 heavy (non-hydrogen) atoms. The standard InChI is InChI=1S/C9H16N4O3/c1-2-6(3-4-14)5-10-7-8(15)11-9(16)13-12-7/h6,14H,2-5H2,1H3,(H,10,12)(H2,11,13,15,16). The molecule has 0 aliphatic heterocycles. The molecular weight excluding hydrogens is 212 g/mol. The van der Waals surface area contributed by atoms with Crippen LogP contribution in [-0.4, -0.2) is 33.4 Å². The van der Waals surface area contributed by atoms with Crippen LogP contribution in [0, 0.1) is 5.92 Å². The highest BCUT2D eigenvalue weighted by Gasteiger charge is 2.07. The van der Waals surface area contributed by atoms with Crippen LogP contribution in [0.2, 0.25) is 0 Å². The fraction of sp³-hybridized carbons (Fsp3) is 0.667. The third kappa shape index (κ3) is 3.50. The van der Waals surface area contributed by atoms with E-state index >= 15 is 0 Å². The van der Waals surface area contributed by atoms with Gasteiger partial charge in [-0.25, -0.2) is 9.89 Å². The molecule has 0 bridgehead atoms. The zero-order valence-electron chi connectivity index (χ0n) is 9.12. The molecule has 0 amide bonds. The Kier molecular flexibility index (Phi) is 4.71. The van der Waals surface area contributed by atoms with E-state index in [1.54, 1.807) is 0 Å². The Morgan fingerprint density at radius 1 is 1.50 bits per heavy atom. The molecule has 0 saturated carbocycles. The first kappa shape index (κ1) is 12.4. The fourth-order valence-electron chi connectivity index (χ4n) is 1.34. The number of hydrogen-bond acceptors (Lipinski definition) is 5. The number of hydrogen-bond donors (Lipinski definition) is 4. The minimum atomic E-state index is -0.627. The summed E-state index contributed by atoms with van der Waals surface area (Å²) in [6.45, 7) is 2.67. The van der Waals surface area contributed by atoms with Crippen molar-refractivity contribution in [2.75, 3.05) is 18.5 Å². The van der Waals surface area contributed by atoms with Crippen molar-refractivity contribution in [2.45, 2.75) is 19.8 Å². The quantitative estimate of drug-likeness (QED) is 0.513. The van der Waals surface area contributed by atoms with Crippen LogP contribution in [0.4, 0.5) is 5.82 Å². The summed E-state index contributed by atoms with van der Waals surface area (Å²) in [5.74, 6) is 0.370. The summed E-state index contributed by atoms with van der Waals surface area (Å²) in [4.78, 5) is 24.0. The summed E-state index contributed by atoms with van der Waals surface area (Å²) in [6, 6.07) is 0. The molecule has 0 saturated heterocycles. The Labute approximate surface area is 91.9 Å². The van der Waals surface area contributed by atoms with Crippen molar-refractivity contribution >= 4 is 5.82 Å². The lowest BCUT2D eigenvalue weighted by Gasteiger charge is -2.13. The van der Waals surface area contributed by atoms with E-state index in [9.17, 15) is 9.59 Å². The normalized spacial score (nSPS) is 12.4. The summed E-state index contributed by atoms with van der Waals surface area (Å²) in [5, 5.41) is 17.4. The van der Waals surface area contributed by atoms with Crippen LogP contribution < -0.4 is 16.6 Å². The van der Waals surface area contributed by atoms with Crippen molar-refractivity contribution in [1.29, 1.82) is 0 Å². The molecule has 0 spiro atoms. The molecule has 7 nitrogen and oxygen atoms in total. The first-order valence-corrected chi connectivity index (χ1v) is 5.21. The lowest BCUT2D eigenvalue weighted by Crippen LogP contribution is -2.28. The van der Waals surface area contributed by atoms with Crippen LogP contribution in [0.5, 0.6) is 0 Å². The third-order valence-corrected chi connectivity index (χ3v) is 2.38. The predicted molar refractivity (Wildman–Crippen MR) is 59.5 cm³/mol. The minimum absolute atomic E-state index is 0.0935. The molecule has 1 aromatic heterocycles. The summed E-state index contributed by atoms with van der Waals surface area (Å²) in [6.07, 6.45) is 1.57. The number of nitrogens with one attached hydrogen (secondary N) is 3. The Balaban J connectivity index is 2.60. The third-order valence-electron chi connectivity index (χ3n) is 2.38. The van der Waals surface area contributed by atoms with E-state index in [-0.39, 0.29) is 18.3 Å². The molecule has 1 aromatic rings. The second-order valence-electron chi connectivity index (χ2n) is 3.52. The van der Waals surface area contributed by atoms with Gasteiger partial charge in [0.05, 0.1) is 0 Å². The monoisotopic (exact) mass is 228 g/mol. The first-order valence-electron chi connectivity index (χ1n) is 5.21. The Morgan fingerprint density at radius 2 is 2.25 bits per heavy atom. The van der Waals surface area contributed by atoms with Crippen molar-refractivity contribution in [3.05, 3.63) is 20.8 Å². The number of H-pyrrole nitrogens is 2. The lowest BCUT2D eigenvalue weighted by molar-refractivity contribution is 0.258. The Morgan fingerprint density at radius 3 is 2.81 bits per heavy atom. The summed E-state index contributed by atoms with van der Waals surface area (Å²) >= 11 is 0. The van der Waals surface area contributed by atoms with Crippen LogP contribution in [0.3, 0.4) is 0 Å². The van der Waals surface area contributed by atoms with Gasteiger partial charge in [0.2, 0.25) is 5.82 Å². The molecule has 1 heterocycles. The van der Waals surface area contributed by atoms with E-state index in [1.807, 2.05) is 6.92 Å². The molecule has 90 valence electrons. The molecule has 0 radical (unpaired) electrons. The van der Waals surface area contributed by atoms with E-state index in [1.165, 1.54) is 0 Å². The number of aromatic nitrogens is 3. The molecule has 1 rings (SSSR count). The van der Waals surface area contributed by atoms with Gasteiger partial charge in [-0.1, -0.05) is 13.3 Å². The smallest absolute Gasteiger partial charge is 0.342 e. The molecule has 1 atom stereocenters. The van der Waals surface area contributed by atoms with Gasteiger partial charge in [-0.05, 0) is 12.3 Å². The fourth-order valence-corrected chi connectivity index (χ4v) is 1.34. The second-order valence-corrected chi connectivity index (χ2v) is 3.52. The van der Waals surface area contributed by atoms with Crippen LogP contribution in [0.1, 0.15) is 19.8 Å². The summed E-state index contributed by atoms with van der Waals surface area (Å²) in [5.41, 5.74) is -1.17. The van der Waals surface area contributed by atoms with Gasteiger partial charge < -0.3 is 10.4 Å². The summed E-state index contributed by atoms with van der Waals surface area (Å²) in [7, 11) is 0. The van der Waals surface area contributed by atoms with E-state index < -0.39 is 11.2 Å². The molecule has 0 aliphatic rings. The van der Waals surface area contributed by atoms with Gasteiger partial charge in [0.1, 0.15) is 0 Å². The van der Waals surface area contributed by atoms with Crippen LogP contribution in [0.25, 0.3) is 0 Å². The molecule has 0 fully saturated rings. The Bertz CT molecular complexity index is 425. The van der Waals surface area contributed by atoms with E-state index in [4.69, 9.17) is 5.11 Å². The maximum atomic E-state index is 11.2. The molecule has 0 aromatic carbocycles. The maximum Gasteiger partial charge on any atom is 0.342 e. The second kappa shape index (κ2) is 6.06. The maximum absolute atomic E-state index is 11.2. The van der Waals surface area contributed by atoms with Crippen LogP contribution >= 0.6 is 0 Å². The molecule has 0 aliphatic carbocycles. The first-order chi connectivity index (χ1) is 7.67. The van der Waals surface area contributed by atoms with Gasteiger partial charge in [-0.15, -0.1) is 5.10 Å². The predicted octanol–water partition coefficient (Wildman–Crippen LogP) is -0.721. The zero-order chi connectivity index (χ0) is 12.0. The van der Waals surface area contributed by atoms with Crippen molar-refractivity contribution < 1.29 is 5.11 Å². The van der Waals surface area contributed by atoms with Crippen molar-refractivity contribution in [2.24, 2.45) is 5.92 Å². The van der Waals surface area contributed by atoms with Crippen molar-refractivity contribution in [1.82, 2.24) is 15.2 Å². The van der Waals surface area contributed by atoms with E-state index in [2.05, 4.69) is 20.5 Å². The minimum Gasteiger partial charge on any atom is -0.396 e.